The topological polar surface area (TPSA) is 52.7 Å². The molecule has 23 heavy (non-hydrogen) atoms. The Hall–Kier alpha value is -2.04. The fourth-order valence-corrected chi connectivity index (χ4v) is 2.91. The molecule has 3 amide bonds. The summed E-state index contributed by atoms with van der Waals surface area (Å²) in [6.45, 7) is 7.12. The SMILES string of the molecule is CCC(CC)C(=O)N1CCN(C(=O)NCc2ccccc2)CC1. The van der Waals surface area contributed by atoms with Crippen LogP contribution in [0.3, 0.4) is 0 Å². The molecule has 1 heterocycles. The zero-order valence-electron chi connectivity index (χ0n) is 14.1. The number of amides is 3. The van der Waals surface area contributed by atoms with E-state index in [-0.39, 0.29) is 17.9 Å². The van der Waals surface area contributed by atoms with Crippen LogP contribution >= 0.6 is 0 Å². The average molecular weight is 317 g/mol. The Kier molecular flexibility index (Phi) is 6.44. The molecule has 1 aliphatic heterocycles. The van der Waals surface area contributed by atoms with Crippen LogP contribution in [0, 0.1) is 5.92 Å². The first kappa shape index (κ1) is 17.3. The average Bonchev–Trinajstić information content (AvgIpc) is 2.61. The van der Waals surface area contributed by atoms with E-state index in [1.165, 1.54) is 0 Å². The van der Waals surface area contributed by atoms with Crippen LogP contribution in [-0.4, -0.2) is 47.9 Å². The lowest BCUT2D eigenvalue weighted by Gasteiger charge is -2.36. The molecule has 0 bridgehead atoms. The molecule has 1 fully saturated rings. The van der Waals surface area contributed by atoms with E-state index in [4.69, 9.17) is 0 Å². The molecule has 1 aromatic carbocycles. The fraction of sp³-hybridized carbons (Fsp3) is 0.556. The van der Waals surface area contributed by atoms with Gasteiger partial charge in [-0.15, -0.1) is 0 Å². The number of nitrogens with zero attached hydrogens (tertiary/aromatic N) is 2. The summed E-state index contributed by atoms with van der Waals surface area (Å²) in [6, 6.07) is 9.82. The lowest BCUT2D eigenvalue weighted by molar-refractivity contribution is -0.137. The molecule has 1 aliphatic rings. The minimum Gasteiger partial charge on any atom is -0.339 e. The number of piperazine rings is 1. The van der Waals surface area contributed by atoms with Gasteiger partial charge in [0.25, 0.3) is 0 Å². The Bertz CT molecular complexity index is 506. The van der Waals surface area contributed by atoms with Crippen LogP contribution in [-0.2, 0) is 11.3 Å². The predicted octanol–water partition coefficient (Wildman–Crippen LogP) is 2.48. The summed E-state index contributed by atoms with van der Waals surface area (Å²) in [7, 11) is 0. The van der Waals surface area contributed by atoms with Crippen LogP contribution in [0.25, 0.3) is 0 Å². The van der Waals surface area contributed by atoms with Crippen molar-refractivity contribution in [3.63, 3.8) is 0 Å². The van der Waals surface area contributed by atoms with Crippen molar-refractivity contribution in [2.45, 2.75) is 33.2 Å². The second-order valence-electron chi connectivity index (χ2n) is 5.97. The molecular weight excluding hydrogens is 290 g/mol. The van der Waals surface area contributed by atoms with E-state index in [0.29, 0.717) is 32.7 Å². The highest BCUT2D eigenvalue weighted by molar-refractivity contribution is 5.79. The van der Waals surface area contributed by atoms with Gasteiger partial charge in [0.05, 0.1) is 0 Å². The molecule has 0 unspecified atom stereocenters. The third-order valence-corrected chi connectivity index (χ3v) is 4.50. The summed E-state index contributed by atoms with van der Waals surface area (Å²) in [5.41, 5.74) is 1.09. The van der Waals surface area contributed by atoms with E-state index < -0.39 is 0 Å². The molecular formula is C18H27N3O2. The molecule has 126 valence electrons. The van der Waals surface area contributed by atoms with Crippen molar-refractivity contribution in [3.8, 4) is 0 Å². The Labute approximate surface area is 138 Å². The summed E-state index contributed by atoms with van der Waals surface area (Å²) in [6.07, 6.45) is 1.76. The van der Waals surface area contributed by atoms with E-state index in [1.54, 1.807) is 4.90 Å². The largest absolute Gasteiger partial charge is 0.339 e. The second-order valence-corrected chi connectivity index (χ2v) is 5.97. The van der Waals surface area contributed by atoms with Gasteiger partial charge in [0.2, 0.25) is 5.91 Å². The third-order valence-electron chi connectivity index (χ3n) is 4.50. The molecule has 1 aromatic rings. The molecule has 0 aromatic heterocycles. The lowest BCUT2D eigenvalue weighted by Crippen LogP contribution is -2.54. The highest BCUT2D eigenvalue weighted by Crippen LogP contribution is 2.14. The van der Waals surface area contributed by atoms with Gasteiger partial charge in [-0.3, -0.25) is 4.79 Å². The van der Waals surface area contributed by atoms with Crippen molar-refractivity contribution in [3.05, 3.63) is 35.9 Å². The molecule has 1 saturated heterocycles. The summed E-state index contributed by atoms with van der Waals surface area (Å²) in [4.78, 5) is 28.3. The Morgan fingerprint density at radius 1 is 1.00 bits per heavy atom. The Balaban J connectivity index is 1.77. The first-order chi connectivity index (χ1) is 11.2. The van der Waals surface area contributed by atoms with Crippen molar-refractivity contribution in [2.24, 2.45) is 5.92 Å². The number of hydrogen-bond donors (Lipinski definition) is 1. The van der Waals surface area contributed by atoms with Gasteiger partial charge >= 0.3 is 6.03 Å². The maximum absolute atomic E-state index is 12.4. The number of nitrogens with one attached hydrogen (secondary N) is 1. The maximum atomic E-state index is 12.4. The highest BCUT2D eigenvalue weighted by atomic mass is 16.2. The van der Waals surface area contributed by atoms with Crippen LogP contribution in [0.5, 0.6) is 0 Å². The van der Waals surface area contributed by atoms with E-state index in [2.05, 4.69) is 19.2 Å². The quantitative estimate of drug-likeness (QED) is 0.907. The molecule has 5 heteroatoms. The van der Waals surface area contributed by atoms with Gasteiger partial charge in [0, 0.05) is 38.6 Å². The van der Waals surface area contributed by atoms with E-state index >= 15 is 0 Å². The Morgan fingerprint density at radius 3 is 2.13 bits per heavy atom. The van der Waals surface area contributed by atoms with E-state index in [0.717, 1.165) is 18.4 Å². The summed E-state index contributed by atoms with van der Waals surface area (Å²) >= 11 is 0. The van der Waals surface area contributed by atoms with E-state index in [9.17, 15) is 9.59 Å². The van der Waals surface area contributed by atoms with Crippen molar-refractivity contribution >= 4 is 11.9 Å². The van der Waals surface area contributed by atoms with Crippen molar-refractivity contribution in [1.82, 2.24) is 15.1 Å². The van der Waals surface area contributed by atoms with Crippen molar-refractivity contribution < 1.29 is 9.59 Å². The number of carbonyl (C=O) groups excluding carboxylic acids is 2. The van der Waals surface area contributed by atoms with Gasteiger partial charge in [-0.2, -0.15) is 0 Å². The molecule has 5 nitrogen and oxygen atoms in total. The zero-order valence-corrected chi connectivity index (χ0v) is 14.1. The number of carbonyl (C=O) groups is 2. The molecule has 0 saturated carbocycles. The molecule has 0 radical (unpaired) electrons. The monoisotopic (exact) mass is 317 g/mol. The van der Waals surface area contributed by atoms with Gasteiger partial charge in [0.15, 0.2) is 0 Å². The fourth-order valence-electron chi connectivity index (χ4n) is 2.91. The van der Waals surface area contributed by atoms with Crippen LogP contribution in [0.2, 0.25) is 0 Å². The van der Waals surface area contributed by atoms with Crippen LogP contribution in [0.1, 0.15) is 32.3 Å². The normalized spacial score (nSPS) is 14.9. The van der Waals surface area contributed by atoms with Crippen LogP contribution in [0.4, 0.5) is 4.79 Å². The van der Waals surface area contributed by atoms with Gasteiger partial charge in [-0.1, -0.05) is 44.2 Å². The zero-order chi connectivity index (χ0) is 16.7. The predicted molar refractivity (Wildman–Crippen MR) is 90.9 cm³/mol. The van der Waals surface area contributed by atoms with Gasteiger partial charge in [0.1, 0.15) is 0 Å². The second kappa shape index (κ2) is 8.56. The molecule has 0 aliphatic carbocycles. The van der Waals surface area contributed by atoms with Gasteiger partial charge in [-0.25, -0.2) is 4.79 Å². The van der Waals surface area contributed by atoms with Crippen LogP contribution < -0.4 is 5.32 Å². The number of hydrogen-bond acceptors (Lipinski definition) is 2. The Morgan fingerprint density at radius 2 is 1.57 bits per heavy atom. The standard InChI is InChI=1S/C18H27N3O2/c1-3-16(4-2)17(22)20-10-12-21(13-11-20)18(23)19-14-15-8-6-5-7-9-15/h5-9,16H,3-4,10-14H2,1-2H3,(H,19,23). The first-order valence-corrected chi connectivity index (χ1v) is 8.51. The maximum Gasteiger partial charge on any atom is 0.317 e. The summed E-state index contributed by atoms with van der Waals surface area (Å²) in [5.74, 6) is 0.354. The van der Waals surface area contributed by atoms with Crippen molar-refractivity contribution in [1.29, 1.82) is 0 Å². The van der Waals surface area contributed by atoms with Crippen molar-refractivity contribution in [2.75, 3.05) is 26.2 Å². The summed E-state index contributed by atoms with van der Waals surface area (Å²) in [5, 5.41) is 2.94. The van der Waals surface area contributed by atoms with Crippen LogP contribution in [0.15, 0.2) is 30.3 Å². The minimum atomic E-state index is -0.0523. The molecule has 0 atom stereocenters. The molecule has 1 N–H and O–H groups in total. The smallest absolute Gasteiger partial charge is 0.317 e. The van der Waals surface area contributed by atoms with E-state index in [1.807, 2.05) is 35.2 Å². The lowest BCUT2D eigenvalue weighted by atomic mass is 10.0. The molecule has 0 spiro atoms. The molecule has 2 rings (SSSR count). The highest BCUT2D eigenvalue weighted by Gasteiger charge is 2.27. The number of benzene rings is 1. The number of urea groups is 1. The minimum absolute atomic E-state index is 0.0523. The number of rotatable bonds is 5. The van der Waals surface area contributed by atoms with Gasteiger partial charge < -0.3 is 15.1 Å². The third kappa shape index (κ3) is 4.71. The first-order valence-electron chi connectivity index (χ1n) is 8.51. The van der Waals surface area contributed by atoms with Gasteiger partial charge in [-0.05, 0) is 18.4 Å². The summed E-state index contributed by atoms with van der Waals surface area (Å²) < 4.78 is 0.